The van der Waals surface area contributed by atoms with Gasteiger partial charge in [-0.2, -0.15) is 4.31 Å². The number of piperidine rings is 1. The minimum atomic E-state index is -3.54. The molecule has 33 heavy (non-hydrogen) atoms. The first kappa shape index (κ1) is 23.8. The zero-order chi connectivity index (χ0) is 23.8. The van der Waals surface area contributed by atoms with E-state index in [0.29, 0.717) is 43.6 Å². The summed E-state index contributed by atoms with van der Waals surface area (Å²) in [5.41, 5.74) is 4.33. The van der Waals surface area contributed by atoms with Gasteiger partial charge in [-0.25, -0.2) is 8.42 Å². The molecule has 2 aromatic carbocycles. The normalized spacial score (nSPS) is 22.4. The van der Waals surface area contributed by atoms with Crippen molar-refractivity contribution in [2.45, 2.75) is 39.0 Å². The molecule has 2 atom stereocenters. The Morgan fingerprint density at radius 1 is 0.879 bits per heavy atom. The molecule has 0 unspecified atom stereocenters. The van der Waals surface area contributed by atoms with E-state index in [-0.39, 0.29) is 10.8 Å². The number of hydrogen-bond acceptors (Lipinski definition) is 4. The van der Waals surface area contributed by atoms with Crippen molar-refractivity contribution < 1.29 is 13.2 Å². The van der Waals surface area contributed by atoms with E-state index in [4.69, 9.17) is 0 Å². The molecule has 0 radical (unpaired) electrons. The number of benzene rings is 2. The standard InChI is InChI=1S/C26H35N3O3S/c1-19-16-20(2)18-29(17-19)33(31,32)24-10-8-23(9-11-24)26(30)28-14-12-27(13-15-28)25-7-5-6-21(3)22(25)4/h5-11,19-20H,12-18H2,1-4H3/t19-,20+. The minimum Gasteiger partial charge on any atom is -0.368 e. The van der Waals surface area contributed by atoms with Crippen LogP contribution in [0.1, 0.15) is 41.8 Å². The third-order valence-electron chi connectivity index (χ3n) is 7.06. The van der Waals surface area contributed by atoms with E-state index in [2.05, 4.69) is 50.8 Å². The van der Waals surface area contributed by atoms with Crippen molar-refractivity contribution in [1.82, 2.24) is 9.21 Å². The molecule has 2 aliphatic heterocycles. The minimum absolute atomic E-state index is 0.0419. The summed E-state index contributed by atoms with van der Waals surface area (Å²) in [6.07, 6.45) is 1.05. The van der Waals surface area contributed by atoms with E-state index < -0.39 is 10.0 Å². The summed E-state index contributed by atoms with van der Waals surface area (Å²) >= 11 is 0. The molecule has 0 N–H and O–H groups in total. The molecule has 7 heteroatoms. The van der Waals surface area contributed by atoms with Gasteiger partial charge in [0, 0.05) is 50.5 Å². The highest BCUT2D eigenvalue weighted by molar-refractivity contribution is 7.89. The van der Waals surface area contributed by atoms with Crippen molar-refractivity contribution in [1.29, 1.82) is 0 Å². The van der Waals surface area contributed by atoms with Gasteiger partial charge in [-0.15, -0.1) is 0 Å². The van der Waals surface area contributed by atoms with Crippen LogP contribution in [-0.2, 0) is 10.0 Å². The maximum atomic E-state index is 13.1. The Morgan fingerprint density at radius 3 is 2.09 bits per heavy atom. The van der Waals surface area contributed by atoms with Crippen LogP contribution in [0.4, 0.5) is 5.69 Å². The Bertz CT molecular complexity index is 1100. The average molecular weight is 470 g/mol. The van der Waals surface area contributed by atoms with Gasteiger partial charge in [-0.3, -0.25) is 4.79 Å². The van der Waals surface area contributed by atoms with Crippen LogP contribution in [0, 0.1) is 25.7 Å². The highest BCUT2D eigenvalue weighted by Crippen LogP contribution is 2.27. The predicted octanol–water partition coefficient (Wildman–Crippen LogP) is 3.93. The number of carbonyl (C=O) groups excluding carboxylic acids is 1. The second kappa shape index (κ2) is 9.47. The lowest BCUT2D eigenvalue weighted by molar-refractivity contribution is 0.0746. The SMILES string of the molecule is Cc1cccc(N2CCN(C(=O)c3ccc(S(=O)(=O)N4C[C@H](C)C[C@H](C)C4)cc3)CC2)c1C. The molecular formula is C26H35N3O3S. The van der Waals surface area contributed by atoms with Gasteiger partial charge in [0.2, 0.25) is 10.0 Å². The highest BCUT2D eigenvalue weighted by atomic mass is 32.2. The lowest BCUT2D eigenvalue weighted by Crippen LogP contribution is -2.49. The maximum absolute atomic E-state index is 13.1. The van der Waals surface area contributed by atoms with Gasteiger partial charge < -0.3 is 9.80 Å². The van der Waals surface area contributed by atoms with E-state index in [1.165, 1.54) is 16.8 Å². The van der Waals surface area contributed by atoms with E-state index in [0.717, 1.165) is 19.5 Å². The number of amides is 1. The number of anilines is 1. The van der Waals surface area contributed by atoms with Crippen molar-refractivity contribution in [3.8, 4) is 0 Å². The molecule has 6 nitrogen and oxygen atoms in total. The number of carbonyl (C=O) groups is 1. The van der Waals surface area contributed by atoms with Crippen LogP contribution in [0.5, 0.6) is 0 Å². The van der Waals surface area contributed by atoms with Gasteiger partial charge >= 0.3 is 0 Å². The third-order valence-corrected chi connectivity index (χ3v) is 8.90. The van der Waals surface area contributed by atoms with Crippen LogP contribution in [0.25, 0.3) is 0 Å². The fourth-order valence-corrected chi connectivity index (χ4v) is 6.81. The molecular weight excluding hydrogens is 434 g/mol. The van der Waals surface area contributed by atoms with Gasteiger partial charge in [-0.1, -0.05) is 26.0 Å². The van der Waals surface area contributed by atoms with Crippen LogP contribution >= 0.6 is 0 Å². The number of aryl methyl sites for hydroxylation is 1. The summed E-state index contributed by atoms with van der Waals surface area (Å²) in [4.78, 5) is 17.5. The lowest BCUT2D eigenvalue weighted by atomic mass is 9.94. The van der Waals surface area contributed by atoms with Gasteiger partial charge in [0.25, 0.3) is 5.91 Å². The second-order valence-corrected chi connectivity index (χ2v) is 11.7. The molecule has 2 saturated heterocycles. The Morgan fingerprint density at radius 2 is 1.48 bits per heavy atom. The lowest BCUT2D eigenvalue weighted by Gasteiger charge is -2.37. The highest BCUT2D eigenvalue weighted by Gasteiger charge is 2.32. The maximum Gasteiger partial charge on any atom is 0.253 e. The number of nitrogens with zero attached hydrogens (tertiary/aromatic N) is 3. The topological polar surface area (TPSA) is 60.9 Å². The van der Waals surface area contributed by atoms with E-state index >= 15 is 0 Å². The summed E-state index contributed by atoms with van der Waals surface area (Å²) in [5.74, 6) is 0.665. The number of hydrogen-bond donors (Lipinski definition) is 0. The largest absolute Gasteiger partial charge is 0.368 e. The summed E-state index contributed by atoms with van der Waals surface area (Å²) < 4.78 is 27.8. The van der Waals surface area contributed by atoms with E-state index in [1.807, 2.05) is 4.90 Å². The Balaban J connectivity index is 1.41. The first-order chi connectivity index (χ1) is 15.7. The number of piperazine rings is 1. The fraction of sp³-hybridized carbons (Fsp3) is 0.500. The number of rotatable bonds is 4. The smallest absolute Gasteiger partial charge is 0.253 e. The molecule has 0 aromatic heterocycles. The van der Waals surface area contributed by atoms with Gasteiger partial charge in [0.05, 0.1) is 4.90 Å². The van der Waals surface area contributed by atoms with E-state index in [9.17, 15) is 13.2 Å². The quantitative estimate of drug-likeness (QED) is 0.681. The van der Waals surface area contributed by atoms with Crippen molar-refractivity contribution in [2.75, 3.05) is 44.2 Å². The van der Waals surface area contributed by atoms with Crippen molar-refractivity contribution in [3.05, 3.63) is 59.2 Å². The van der Waals surface area contributed by atoms with Crippen molar-refractivity contribution >= 4 is 21.6 Å². The molecule has 2 aliphatic rings. The van der Waals surface area contributed by atoms with Crippen molar-refractivity contribution in [2.24, 2.45) is 11.8 Å². The molecule has 0 aliphatic carbocycles. The molecule has 0 saturated carbocycles. The zero-order valence-corrected chi connectivity index (χ0v) is 20.9. The van der Waals surface area contributed by atoms with Crippen LogP contribution < -0.4 is 4.90 Å². The molecule has 0 spiro atoms. The molecule has 1 amide bonds. The number of sulfonamides is 1. The van der Waals surface area contributed by atoms with Gasteiger partial charge in [-0.05, 0) is 73.6 Å². The summed E-state index contributed by atoms with van der Waals surface area (Å²) in [6.45, 7) is 12.4. The molecule has 2 fully saturated rings. The molecule has 0 bridgehead atoms. The fourth-order valence-electron chi connectivity index (χ4n) is 5.13. The summed E-state index contributed by atoms with van der Waals surface area (Å²) in [7, 11) is -3.54. The van der Waals surface area contributed by atoms with Crippen molar-refractivity contribution in [3.63, 3.8) is 0 Å². The zero-order valence-electron chi connectivity index (χ0n) is 20.1. The monoisotopic (exact) mass is 469 g/mol. The first-order valence-electron chi connectivity index (χ1n) is 11.9. The van der Waals surface area contributed by atoms with E-state index in [1.54, 1.807) is 28.6 Å². The Kier molecular flexibility index (Phi) is 6.82. The predicted molar refractivity (Wildman–Crippen MR) is 132 cm³/mol. The molecule has 2 heterocycles. The molecule has 178 valence electrons. The third kappa shape index (κ3) is 4.94. The van der Waals surface area contributed by atoms with Crippen LogP contribution in [0.3, 0.4) is 0 Å². The van der Waals surface area contributed by atoms with Crippen LogP contribution in [0.15, 0.2) is 47.4 Å². The molecule has 4 rings (SSSR count). The van der Waals surface area contributed by atoms with Crippen LogP contribution in [0.2, 0.25) is 0 Å². The molecule has 2 aromatic rings. The van der Waals surface area contributed by atoms with Gasteiger partial charge in [0.15, 0.2) is 0 Å². The summed E-state index contributed by atoms with van der Waals surface area (Å²) in [5, 5.41) is 0. The van der Waals surface area contributed by atoms with Gasteiger partial charge in [0.1, 0.15) is 0 Å². The second-order valence-electron chi connectivity index (χ2n) is 9.79. The van der Waals surface area contributed by atoms with Crippen LogP contribution in [-0.4, -0.2) is 62.8 Å². The Hall–Kier alpha value is -2.38. The Labute approximate surface area is 198 Å². The first-order valence-corrected chi connectivity index (χ1v) is 13.3. The summed E-state index contributed by atoms with van der Waals surface area (Å²) in [6, 6.07) is 12.8. The average Bonchev–Trinajstić information content (AvgIpc) is 2.80.